The second kappa shape index (κ2) is 12.2. The van der Waals surface area contributed by atoms with E-state index in [9.17, 15) is 4.79 Å². The van der Waals surface area contributed by atoms with Crippen LogP contribution < -0.4 is 11.1 Å². The highest BCUT2D eigenvalue weighted by molar-refractivity contribution is 7.15. The third-order valence-corrected chi connectivity index (χ3v) is 9.01. The standard InChI is InChI=1S/C30H39N5OS/c1-2-17-35(25-13-15-27-28(19-25)37-30(31)34-27)18-16-21-8-11-24(12-9-21)33-29(36)23-10-14-26(32-20-23)22-6-4-3-5-7-22/h3-7,10,14,20-21,24-25H,2,8-9,11-13,15-19H2,1H3,(H2,31,34)(H,33,36)/t21?,24?,25-/m0/s1. The Kier molecular flexibility index (Phi) is 8.52. The molecular weight excluding hydrogens is 478 g/mol. The third-order valence-electron chi connectivity index (χ3n) is 8.06. The summed E-state index contributed by atoms with van der Waals surface area (Å²) in [6.45, 7) is 4.62. The van der Waals surface area contributed by atoms with Gasteiger partial charge in [0, 0.05) is 28.7 Å². The van der Waals surface area contributed by atoms with Crippen LogP contribution in [0.15, 0.2) is 48.7 Å². The summed E-state index contributed by atoms with van der Waals surface area (Å²) >= 11 is 1.68. The van der Waals surface area contributed by atoms with Crippen molar-refractivity contribution in [1.29, 1.82) is 0 Å². The van der Waals surface area contributed by atoms with Gasteiger partial charge >= 0.3 is 0 Å². The quantitative estimate of drug-likeness (QED) is 0.378. The van der Waals surface area contributed by atoms with E-state index >= 15 is 0 Å². The number of nitrogens with zero attached hydrogens (tertiary/aromatic N) is 3. The monoisotopic (exact) mass is 517 g/mol. The van der Waals surface area contributed by atoms with Gasteiger partial charge in [0.1, 0.15) is 0 Å². The van der Waals surface area contributed by atoms with Crippen LogP contribution in [0.4, 0.5) is 5.13 Å². The highest BCUT2D eigenvalue weighted by Gasteiger charge is 2.28. The van der Waals surface area contributed by atoms with Crippen LogP contribution in [-0.2, 0) is 12.8 Å². The molecule has 1 saturated carbocycles. The number of fused-ring (bicyclic) bond motifs is 1. The fourth-order valence-corrected chi connectivity index (χ4v) is 6.92. The summed E-state index contributed by atoms with van der Waals surface area (Å²) in [5.74, 6) is 0.739. The van der Waals surface area contributed by atoms with Crippen LogP contribution in [-0.4, -0.2) is 45.9 Å². The van der Waals surface area contributed by atoms with E-state index in [0.717, 1.165) is 54.5 Å². The highest BCUT2D eigenvalue weighted by atomic mass is 32.1. The Balaban J connectivity index is 1.07. The molecule has 2 heterocycles. The highest BCUT2D eigenvalue weighted by Crippen LogP contribution is 2.32. The number of nitrogen functional groups attached to an aromatic ring is 1. The predicted octanol–water partition coefficient (Wildman–Crippen LogP) is 5.74. The van der Waals surface area contributed by atoms with Gasteiger partial charge in [-0.2, -0.15) is 0 Å². The summed E-state index contributed by atoms with van der Waals surface area (Å²) in [5.41, 5.74) is 9.78. The Morgan fingerprint density at radius 2 is 1.89 bits per heavy atom. The van der Waals surface area contributed by atoms with Gasteiger partial charge in [0.05, 0.1) is 17.0 Å². The molecule has 0 aliphatic heterocycles. The van der Waals surface area contributed by atoms with Gasteiger partial charge in [0.2, 0.25) is 0 Å². The van der Waals surface area contributed by atoms with Crippen molar-refractivity contribution in [2.75, 3.05) is 18.8 Å². The lowest BCUT2D eigenvalue weighted by Crippen LogP contribution is -2.41. The van der Waals surface area contributed by atoms with Gasteiger partial charge in [-0.15, -0.1) is 11.3 Å². The number of aromatic nitrogens is 2. The minimum atomic E-state index is -0.00921. The topological polar surface area (TPSA) is 84.1 Å². The minimum absolute atomic E-state index is 0.00921. The second-order valence-electron chi connectivity index (χ2n) is 10.6. The molecule has 3 aromatic rings. The van der Waals surface area contributed by atoms with Gasteiger partial charge < -0.3 is 16.0 Å². The molecule has 5 rings (SSSR count). The number of pyridine rings is 1. The zero-order valence-corrected chi connectivity index (χ0v) is 22.7. The Morgan fingerprint density at radius 3 is 2.62 bits per heavy atom. The van der Waals surface area contributed by atoms with Gasteiger partial charge in [-0.3, -0.25) is 9.78 Å². The van der Waals surface area contributed by atoms with E-state index < -0.39 is 0 Å². The first kappa shape index (κ1) is 25.9. The molecule has 0 spiro atoms. The summed E-state index contributed by atoms with van der Waals surface area (Å²) in [7, 11) is 0. The zero-order valence-electron chi connectivity index (χ0n) is 21.9. The van der Waals surface area contributed by atoms with Gasteiger partial charge in [-0.25, -0.2) is 4.98 Å². The van der Waals surface area contributed by atoms with Crippen molar-refractivity contribution in [1.82, 2.24) is 20.2 Å². The summed E-state index contributed by atoms with van der Waals surface area (Å²) in [6.07, 6.45) is 12.0. The minimum Gasteiger partial charge on any atom is -0.375 e. The molecule has 1 aromatic carbocycles. The van der Waals surface area contributed by atoms with Crippen molar-refractivity contribution in [2.24, 2.45) is 5.92 Å². The predicted molar refractivity (Wildman–Crippen MR) is 152 cm³/mol. The van der Waals surface area contributed by atoms with Crippen LogP contribution >= 0.6 is 11.3 Å². The average molecular weight is 518 g/mol. The van der Waals surface area contributed by atoms with E-state index in [2.05, 4.69) is 27.1 Å². The maximum Gasteiger partial charge on any atom is 0.253 e. The maximum atomic E-state index is 12.8. The van der Waals surface area contributed by atoms with E-state index in [1.165, 1.54) is 49.2 Å². The lowest BCUT2D eigenvalue weighted by Gasteiger charge is -2.36. The largest absolute Gasteiger partial charge is 0.375 e. The second-order valence-corrected chi connectivity index (χ2v) is 11.7. The summed E-state index contributed by atoms with van der Waals surface area (Å²) < 4.78 is 0. The van der Waals surface area contributed by atoms with Crippen molar-refractivity contribution in [3.63, 3.8) is 0 Å². The fourth-order valence-electron chi connectivity index (χ4n) is 5.97. The molecule has 0 bridgehead atoms. The van der Waals surface area contributed by atoms with Crippen LogP contribution in [0.25, 0.3) is 11.3 Å². The van der Waals surface area contributed by atoms with Gasteiger partial charge in [0.15, 0.2) is 5.13 Å². The molecular formula is C30H39N5OS. The third kappa shape index (κ3) is 6.57. The van der Waals surface area contributed by atoms with Gasteiger partial charge in [-0.05, 0) is 88.9 Å². The summed E-state index contributed by atoms with van der Waals surface area (Å²) in [6, 6.07) is 14.7. The molecule has 0 radical (unpaired) electrons. The van der Waals surface area contributed by atoms with E-state index in [1.54, 1.807) is 17.5 Å². The first-order valence-electron chi connectivity index (χ1n) is 13.9. The van der Waals surface area contributed by atoms with E-state index in [1.807, 2.05) is 42.5 Å². The Labute approximate surface area is 224 Å². The molecule has 2 aliphatic carbocycles. The first-order chi connectivity index (χ1) is 18.1. The molecule has 6 nitrogen and oxygen atoms in total. The molecule has 37 heavy (non-hydrogen) atoms. The van der Waals surface area contributed by atoms with Crippen molar-refractivity contribution >= 4 is 22.4 Å². The molecule has 2 aromatic heterocycles. The summed E-state index contributed by atoms with van der Waals surface area (Å²) in [4.78, 5) is 26.0. The van der Waals surface area contributed by atoms with Crippen LogP contribution in [0.2, 0.25) is 0 Å². The van der Waals surface area contributed by atoms with Crippen LogP contribution in [0.3, 0.4) is 0 Å². The molecule has 1 amide bonds. The zero-order chi connectivity index (χ0) is 25.6. The molecule has 1 fully saturated rings. The number of aryl methyl sites for hydroxylation is 1. The normalized spacial score (nSPS) is 21.5. The number of anilines is 1. The number of thiazole rings is 1. The number of amides is 1. The molecule has 1 atom stereocenters. The maximum absolute atomic E-state index is 12.8. The molecule has 0 saturated heterocycles. The van der Waals surface area contributed by atoms with Crippen LogP contribution in [0.5, 0.6) is 0 Å². The number of carbonyl (C=O) groups is 1. The van der Waals surface area contributed by atoms with Crippen LogP contribution in [0, 0.1) is 5.92 Å². The number of hydrogen-bond acceptors (Lipinski definition) is 6. The van der Waals surface area contributed by atoms with E-state index in [4.69, 9.17) is 5.73 Å². The Morgan fingerprint density at radius 1 is 1.08 bits per heavy atom. The fraction of sp³-hybridized carbons (Fsp3) is 0.500. The number of carbonyl (C=O) groups excluding carboxylic acids is 1. The van der Waals surface area contributed by atoms with Gasteiger partial charge in [0.25, 0.3) is 5.91 Å². The Hall–Kier alpha value is -2.77. The van der Waals surface area contributed by atoms with Crippen molar-refractivity contribution in [3.05, 3.63) is 64.8 Å². The average Bonchev–Trinajstić information content (AvgIpc) is 3.31. The molecule has 3 N–H and O–H groups in total. The smallest absolute Gasteiger partial charge is 0.253 e. The molecule has 2 aliphatic rings. The van der Waals surface area contributed by atoms with E-state index in [0.29, 0.717) is 11.6 Å². The number of benzene rings is 1. The number of rotatable bonds is 9. The molecule has 196 valence electrons. The first-order valence-corrected chi connectivity index (χ1v) is 14.7. The summed E-state index contributed by atoms with van der Waals surface area (Å²) in [5, 5.41) is 3.98. The molecule has 7 heteroatoms. The Bertz CT molecular complexity index is 1150. The van der Waals surface area contributed by atoms with E-state index in [-0.39, 0.29) is 11.9 Å². The van der Waals surface area contributed by atoms with Gasteiger partial charge in [-0.1, -0.05) is 37.3 Å². The lowest BCUT2D eigenvalue weighted by atomic mass is 9.83. The number of hydrogen-bond donors (Lipinski definition) is 2. The number of nitrogens with two attached hydrogens (primary N) is 1. The van der Waals surface area contributed by atoms with Crippen LogP contribution in [0.1, 0.15) is 72.8 Å². The van der Waals surface area contributed by atoms with Crippen molar-refractivity contribution < 1.29 is 4.79 Å². The number of nitrogens with one attached hydrogen (secondary N) is 1. The van der Waals surface area contributed by atoms with Crippen molar-refractivity contribution in [2.45, 2.75) is 76.8 Å². The van der Waals surface area contributed by atoms with Crippen molar-refractivity contribution in [3.8, 4) is 11.3 Å². The lowest BCUT2D eigenvalue weighted by molar-refractivity contribution is 0.0917. The molecule has 0 unspecified atom stereocenters. The SMILES string of the molecule is CCCN(CCC1CCC(NC(=O)c2ccc(-c3ccccc3)nc2)CC1)[C@H]1CCc2nc(N)sc2C1.